The van der Waals surface area contributed by atoms with Gasteiger partial charge in [0.2, 0.25) is 9.70 Å². The first-order valence-electron chi connectivity index (χ1n) is 6.69. The number of nitrogens with zero attached hydrogens (tertiary/aromatic N) is 1. The summed E-state index contributed by atoms with van der Waals surface area (Å²) in [5, 5.41) is 18.7. The first kappa shape index (κ1) is 20.7. The minimum atomic E-state index is -1.86. The number of nitrogens with one attached hydrogen (secondary N) is 3. The van der Waals surface area contributed by atoms with Crippen molar-refractivity contribution in [3.05, 3.63) is 34.4 Å². The molecule has 0 saturated heterocycles. The molecule has 0 fully saturated rings. The molecule has 0 heterocycles. The van der Waals surface area contributed by atoms with E-state index in [-0.39, 0.29) is 22.6 Å². The second-order valence-electron chi connectivity index (χ2n) is 5.04. The largest absolute Gasteiger partial charge is 0.339 e. The Hall–Kier alpha value is -1.35. The van der Waals surface area contributed by atoms with Crippen LogP contribution >= 0.6 is 47.0 Å². The second kappa shape index (κ2) is 8.66. The number of anilines is 1. The van der Waals surface area contributed by atoms with Crippen LogP contribution in [0.15, 0.2) is 24.3 Å². The number of carbonyl (C=O) groups excluding carboxylic acids is 1. The third-order valence-electron chi connectivity index (χ3n) is 2.73. The van der Waals surface area contributed by atoms with E-state index in [0.717, 1.165) is 0 Å². The maximum Gasteiger partial charge on any atom is 0.271 e. The molecule has 1 atom stereocenters. The number of rotatable bonds is 5. The number of nitro groups is 1. The molecule has 11 heteroatoms. The lowest BCUT2D eigenvalue weighted by Gasteiger charge is -2.28. The molecule has 0 aliphatic rings. The lowest BCUT2D eigenvalue weighted by molar-refractivity contribution is -0.384. The van der Waals surface area contributed by atoms with Crippen LogP contribution in [0.3, 0.4) is 0 Å². The first-order valence-corrected chi connectivity index (χ1v) is 8.24. The van der Waals surface area contributed by atoms with Crippen LogP contribution in [0.2, 0.25) is 0 Å². The molecule has 1 amide bonds. The van der Waals surface area contributed by atoms with Crippen molar-refractivity contribution >= 4 is 69.4 Å². The van der Waals surface area contributed by atoms with E-state index in [9.17, 15) is 14.9 Å². The normalized spacial score (nSPS) is 12.4. The molecule has 7 nitrogen and oxygen atoms in total. The molecule has 0 radical (unpaired) electrons. The molecule has 0 saturated carbocycles. The zero-order valence-corrected chi connectivity index (χ0v) is 15.8. The van der Waals surface area contributed by atoms with Gasteiger partial charge in [-0.1, -0.05) is 54.7 Å². The number of carbonyl (C=O) groups is 1. The SMILES string of the molecule is CC(C)C(=O)N[C@H](NC(=S)Nc1cccc([N+](=O)[O-])c1)C(Cl)(Cl)Cl. The van der Waals surface area contributed by atoms with Gasteiger partial charge in [0.1, 0.15) is 6.17 Å². The molecule has 1 aromatic carbocycles. The van der Waals surface area contributed by atoms with Gasteiger partial charge in [-0.3, -0.25) is 14.9 Å². The highest BCUT2D eigenvalue weighted by Crippen LogP contribution is 2.29. The van der Waals surface area contributed by atoms with Gasteiger partial charge in [0.25, 0.3) is 5.69 Å². The molecule has 0 bridgehead atoms. The van der Waals surface area contributed by atoms with Gasteiger partial charge in [0, 0.05) is 23.7 Å². The summed E-state index contributed by atoms with van der Waals surface area (Å²) in [5.41, 5.74) is 0.272. The fourth-order valence-electron chi connectivity index (χ4n) is 1.50. The van der Waals surface area contributed by atoms with Gasteiger partial charge < -0.3 is 16.0 Å². The van der Waals surface area contributed by atoms with Gasteiger partial charge in [-0.2, -0.15) is 0 Å². The third kappa shape index (κ3) is 6.64. The van der Waals surface area contributed by atoms with Crippen LogP contribution in [0, 0.1) is 16.0 Å². The highest BCUT2D eigenvalue weighted by molar-refractivity contribution is 7.80. The molecule has 0 spiro atoms. The summed E-state index contributed by atoms with van der Waals surface area (Å²) < 4.78 is -1.86. The van der Waals surface area contributed by atoms with Gasteiger partial charge in [0.05, 0.1) is 4.92 Å². The van der Waals surface area contributed by atoms with E-state index in [1.54, 1.807) is 19.9 Å². The topological polar surface area (TPSA) is 96.3 Å². The second-order valence-corrected chi connectivity index (χ2v) is 7.82. The van der Waals surface area contributed by atoms with Crippen molar-refractivity contribution in [2.75, 3.05) is 5.32 Å². The Bertz CT molecular complexity index is 637. The fourth-order valence-corrected chi connectivity index (χ4v) is 2.07. The van der Waals surface area contributed by atoms with Crippen molar-refractivity contribution in [2.24, 2.45) is 5.92 Å². The van der Waals surface area contributed by atoms with Crippen LogP contribution in [0.4, 0.5) is 11.4 Å². The zero-order valence-electron chi connectivity index (χ0n) is 12.7. The monoisotopic (exact) mass is 412 g/mol. The van der Waals surface area contributed by atoms with E-state index in [0.29, 0.717) is 5.69 Å². The molecule has 1 rings (SSSR count). The van der Waals surface area contributed by atoms with Gasteiger partial charge in [-0.15, -0.1) is 0 Å². The molecule has 0 aliphatic heterocycles. The first-order chi connectivity index (χ1) is 11.0. The summed E-state index contributed by atoms with van der Waals surface area (Å²) >= 11 is 22.6. The number of hydrogen-bond donors (Lipinski definition) is 3. The molecule has 0 aliphatic carbocycles. The Kier molecular flexibility index (Phi) is 7.47. The van der Waals surface area contributed by atoms with Crippen LogP contribution in [0.5, 0.6) is 0 Å². The average Bonchev–Trinajstić information content (AvgIpc) is 2.45. The molecule has 0 aromatic heterocycles. The summed E-state index contributed by atoms with van der Waals surface area (Å²) in [6, 6.07) is 5.72. The van der Waals surface area contributed by atoms with Crippen LogP contribution in [-0.2, 0) is 4.79 Å². The van der Waals surface area contributed by atoms with Gasteiger partial charge in [0.15, 0.2) is 5.11 Å². The van der Waals surface area contributed by atoms with Crippen LogP contribution < -0.4 is 16.0 Å². The molecule has 1 aromatic rings. The van der Waals surface area contributed by atoms with Crippen molar-refractivity contribution in [2.45, 2.75) is 23.8 Å². The van der Waals surface area contributed by atoms with Crippen molar-refractivity contribution in [3.8, 4) is 0 Å². The van der Waals surface area contributed by atoms with E-state index in [2.05, 4.69) is 16.0 Å². The minimum Gasteiger partial charge on any atom is -0.339 e. The van der Waals surface area contributed by atoms with E-state index >= 15 is 0 Å². The smallest absolute Gasteiger partial charge is 0.271 e. The highest BCUT2D eigenvalue weighted by Gasteiger charge is 2.35. The summed E-state index contributed by atoms with van der Waals surface area (Å²) in [6.07, 6.45) is -1.09. The summed E-state index contributed by atoms with van der Waals surface area (Å²) in [7, 11) is 0. The van der Waals surface area contributed by atoms with E-state index < -0.39 is 14.9 Å². The Balaban J connectivity index is 2.80. The Morgan fingerprint density at radius 3 is 2.42 bits per heavy atom. The van der Waals surface area contributed by atoms with Gasteiger partial charge >= 0.3 is 0 Å². The Labute approximate surface area is 159 Å². The highest BCUT2D eigenvalue weighted by atomic mass is 35.6. The third-order valence-corrected chi connectivity index (χ3v) is 3.60. The molecule has 0 unspecified atom stereocenters. The van der Waals surface area contributed by atoms with Gasteiger partial charge in [-0.05, 0) is 18.3 Å². The number of halogens is 3. The summed E-state index contributed by atoms with van der Waals surface area (Å²) in [6.45, 7) is 3.37. The number of amides is 1. The average molecular weight is 414 g/mol. The van der Waals surface area contributed by atoms with Crippen LogP contribution in [-0.4, -0.2) is 25.9 Å². The predicted octanol–water partition coefficient (Wildman–Crippen LogP) is 3.35. The molecule has 3 N–H and O–H groups in total. The fraction of sp³-hybridized carbons (Fsp3) is 0.385. The van der Waals surface area contributed by atoms with Crippen molar-refractivity contribution < 1.29 is 9.72 Å². The zero-order chi connectivity index (χ0) is 18.5. The molecular formula is C13H15Cl3N4O3S. The molecular weight excluding hydrogens is 399 g/mol. The number of thiocarbonyl (C=S) groups is 1. The van der Waals surface area contributed by atoms with Crippen molar-refractivity contribution in [1.29, 1.82) is 0 Å². The number of nitro benzene ring substituents is 1. The lowest BCUT2D eigenvalue weighted by atomic mass is 10.2. The van der Waals surface area contributed by atoms with Crippen LogP contribution in [0.25, 0.3) is 0 Å². The maximum atomic E-state index is 11.8. The quantitative estimate of drug-likeness (QED) is 0.225. The van der Waals surface area contributed by atoms with E-state index in [1.165, 1.54) is 18.2 Å². The molecule has 132 valence electrons. The standard InChI is InChI=1S/C13H15Cl3N4O3S/c1-7(2)10(21)18-11(13(14,15)16)19-12(24)17-8-4-3-5-9(6-8)20(22)23/h3-7,11H,1-2H3,(H,18,21)(H2,17,19,24)/t11-/m1/s1. The van der Waals surface area contributed by atoms with Crippen molar-refractivity contribution in [3.63, 3.8) is 0 Å². The number of hydrogen-bond acceptors (Lipinski definition) is 4. The number of alkyl halides is 3. The van der Waals surface area contributed by atoms with E-state index in [1.807, 2.05) is 0 Å². The Morgan fingerprint density at radius 1 is 1.29 bits per heavy atom. The predicted molar refractivity (Wildman–Crippen MR) is 99.5 cm³/mol. The Morgan fingerprint density at radius 2 is 1.92 bits per heavy atom. The van der Waals surface area contributed by atoms with Gasteiger partial charge in [-0.25, -0.2) is 0 Å². The molecule has 24 heavy (non-hydrogen) atoms. The maximum absolute atomic E-state index is 11.8. The summed E-state index contributed by atoms with van der Waals surface area (Å²) in [5.74, 6) is -0.656. The number of benzene rings is 1. The summed E-state index contributed by atoms with van der Waals surface area (Å²) in [4.78, 5) is 22.0. The lowest BCUT2D eigenvalue weighted by Crippen LogP contribution is -2.56. The minimum absolute atomic E-state index is 0.0240. The van der Waals surface area contributed by atoms with Crippen LogP contribution in [0.1, 0.15) is 13.8 Å². The van der Waals surface area contributed by atoms with E-state index in [4.69, 9.17) is 47.0 Å². The van der Waals surface area contributed by atoms with Crippen molar-refractivity contribution in [1.82, 2.24) is 10.6 Å². The number of non-ortho nitro benzene ring substituents is 1.